The van der Waals surface area contributed by atoms with Crippen LogP contribution >= 0.6 is 0 Å². The Balaban J connectivity index is 2.20. The van der Waals surface area contributed by atoms with E-state index in [1.165, 1.54) is 0 Å². The minimum atomic E-state index is 0.0182. The highest BCUT2D eigenvalue weighted by Crippen LogP contribution is 2.21. The summed E-state index contributed by atoms with van der Waals surface area (Å²) in [5.74, 6) is 1.04. The van der Waals surface area contributed by atoms with Crippen LogP contribution in [0.5, 0.6) is 0 Å². The van der Waals surface area contributed by atoms with E-state index in [1.54, 1.807) is 17.0 Å². The van der Waals surface area contributed by atoms with Crippen LogP contribution in [-0.4, -0.2) is 28.7 Å². The SMILES string of the molecule is CCCn1ccnc(N2CCC(C(C)N)C2)c1=O. The van der Waals surface area contributed by atoms with E-state index in [1.807, 2.05) is 6.92 Å². The van der Waals surface area contributed by atoms with Gasteiger partial charge >= 0.3 is 0 Å². The molecule has 2 unspecified atom stereocenters. The summed E-state index contributed by atoms with van der Waals surface area (Å²) in [5.41, 5.74) is 5.94. The van der Waals surface area contributed by atoms with Gasteiger partial charge in [-0.1, -0.05) is 6.92 Å². The lowest BCUT2D eigenvalue weighted by Crippen LogP contribution is -2.34. The van der Waals surface area contributed by atoms with Crippen LogP contribution in [0.4, 0.5) is 5.82 Å². The van der Waals surface area contributed by atoms with Crippen molar-refractivity contribution >= 4 is 5.82 Å². The van der Waals surface area contributed by atoms with Gasteiger partial charge in [0.15, 0.2) is 5.82 Å². The maximum absolute atomic E-state index is 12.2. The first kappa shape index (κ1) is 13.1. The summed E-state index contributed by atoms with van der Waals surface area (Å²) in [6.45, 7) is 6.57. The van der Waals surface area contributed by atoms with Crippen molar-refractivity contribution < 1.29 is 0 Å². The maximum atomic E-state index is 12.2. The van der Waals surface area contributed by atoms with Crippen molar-refractivity contribution in [2.75, 3.05) is 18.0 Å². The Hall–Kier alpha value is -1.36. The zero-order valence-corrected chi connectivity index (χ0v) is 11.2. The first-order valence-electron chi connectivity index (χ1n) is 6.69. The Kier molecular flexibility index (Phi) is 4.01. The van der Waals surface area contributed by atoms with E-state index >= 15 is 0 Å². The van der Waals surface area contributed by atoms with E-state index in [4.69, 9.17) is 5.73 Å². The van der Waals surface area contributed by atoms with Gasteiger partial charge in [0.25, 0.3) is 5.56 Å². The molecule has 1 aliphatic rings. The molecule has 100 valence electrons. The quantitative estimate of drug-likeness (QED) is 0.859. The summed E-state index contributed by atoms with van der Waals surface area (Å²) < 4.78 is 1.74. The van der Waals surface area contributed by atoms with Crippen molar-refractivity contribution in [2.45, 2.75) is 39.3 Å². The minimum Gasteiger partial charge on any atom is -0.352 e. The number of aromatic nitrogens is 2. The van der Waals surface area contributed by atoms with Crippen LogP contribution in [-0.2, 0) is 6.54 Å². The largest absolute Gasteiger partial charge is 0.352 e. The van der Waals surface area contributed by atoms with Crippen LogP contribution in [0, 0.1) is 5.92 Å². The summed E-state index contributed by atoms with van der Waals surface area (Å²) in [4.78, 5) is 18.6. The molecule has 1 aliphatic heterocycles. The zero-order valence-electron chi connectivity index (χ0n) is 11.2. The molecule has 1 aromatic heterocycles. The highest BCUT2D eigenvalue weighted by atomic mass is 16.1. The van der Waals surface area contributed by atoms with Gasteiger partial charge < -0.3 is 15.2 Å². The highest BCUT2D eigenvalue weighted by Gasteiger charge is 2.27. The minimum absolute atomic E-state index is 0.0182. The lowest BCUT2D eigenvalue weighted by atomic mass is 10.0. The van der Waals surface area contributed by atoms with Crippen LogP contribution in [0.15, 0.2) is 17.2 Å². The third kappa shape index (κ3) is 2.56. The molecule has 5 nitrogen and oxygen atoms in total. The van der Waals surface area contributed by atoms with E-state index in [0.717, 1.165) is 32.5 Å². The van der Waals surface area contributed by atoms with Crippen LogP contribution in [0.1, 0.15) is 26.7 Å². The highest BCUT2D eigenvalue weighted by molar-refractivity contribution is 5.37. The molecule has 18 heavy (non-hydrogen) atoms. The normalized spacial score (nSPS) is 21.3. The van der Waals surface area contributed by atoms with Crippen LogP contribution in [0.25, 0.3) is 0 Å². The molecule has 2 rings (SSSR count). The van der Waals surface area contributed by atoms with E-state index in [2.05, 4.69) is 16.8 Å². The van der Waals surface area contributed by atoms with Crippen molar-refractivity contribution in [1.29, 1.82) is 0 Å². The second kappa shape index (κ2) is 5.52. The molecule has 0 saturated carbocycles. The number of aryl methyl sites for hydroxylation is 1. The van der Waals surface area contributed by atoms with Crippen molar-refractivity contribution in [1.82, 2.24) is 9.55 Å². The fourth-order valence-electron chi connectivity index (χ4n) is 2.48. The molecular weight excluding hydrogens is 228 g/mol. The van der Waals surface area contributed by atoms with Gasteiger partial charge in [-0.15, -0.1) is 0 Å². The van der Waals surface area contributed by atoms with E-state index in [-0.39, 0.29) is 11.6 Å². The third-order valence-electron chi connectivity index (χ3n) is 3.63. The van der Waals surface area contributed by atoms with Gasteiger partial charge in [0.2, 0.25) is 0 Å². The molecule has 2 atom stereocenters. The van der Waals surface area contributed by atoms with Crippen molar-refractivity contribution in [3.8, 4) is 0 Å². The van der Waals surface area contributed by atoms with Gasteiger partial charge in [-0.25, -0.2) is 4.98 Å². The second-order valence-corrected chi connectivity index (χ2v) is 5.10. The lowest BCUT2D eigenvalue weighted by molar-refractivity contribution is 0.487. The van der Waals surface area contributed by atoms with E-state index < -0.39 is 0 Å². The van der Waals surface area contributed by atoms with E-state index in [9.17, 15) is 4.79 Å². The lowest BCUT2D eigenvalue weighted by Gasteiger charge is -2.19. The van der Waals surface area contributed by atoms with Crippen LogP contribution in [0.2, 0.25) is 0 Å². The summed E-state index contributed by atoms with van der Waals surface area (Å²) in [7, 11) is 0. The summed E-state index contributed by atoms with van der Waals surface area (Å²) in [6, 6.07) is 0.177. The van der Waals surface area contributed by atoms with Crippen molar-refractivity contribution in [3.05, 3.63) is 22.7 Å². The van der Waals surface area contributed by atoms with Gasteiger partial charge in [0.1, 0.15) is 0 Å². The molecule has 2 N–H and O–H groups in total. The number of hydrogen-bond donors (Lipinski definition) is 1. The number of nitrogens with two attached hydrogens (primary N) is 1. The van der Waals surface area contributed by atoms with Gasteiger partial charge in [-0.3, -0.25) is 4.79 Å². The van der Waals surface area contributed by atoms with Crippen molar-refractivity contribution in [2.24, 2.45) is 11.7 Å². The molecule has 0 aromatic carbocycles. The number of nitrogens with zero attached hydrogens (tertiary/aromatic N) is 3. The molecule has 1 aromatic rings. The monoisotopic (exact) mass is 250 g/mol. The third-order valence-corrected chi connectivity index (χ3v) is 3.63. The number of hydrogen-bond acceptors (Lipinski definition) is 4. The predicted octanol–water partition coefficient (Wildman–Crippen LogP) is 0.827. The van der Waals surface area contributed by atoms with Gasteiger partial charge in [0.05, 0.1) is 0 Å². The summed E-state index contributed by atoms with van der Waals surface area (Å²) >= 11 is 0. The Morgan fingerprint density at radius 3 is 3.00 bits per heavy atom. The van der Waals surface area contributed by atoms with E-state index in [0.29, 0.717) is 11.7 Å². The first-order valence-corrected chi connectivity index (χ1v) is 6.69. The van der Waals surface area contributed by atoms with Crippen molar-refractivity contribution in [3.63, 3.8) is 0 Å². The molecule has 2 heterocycles. The van der Waals surface area contributed by atoms with Gasteiger partial charge in [0, 0.05) is 38.1 Å². The number of rotatable bonds is 4. The summed E-state index contributed by atoms with van der Waals surface area (Å²) in [6.07, 6.45) is 5.47. The van der Waals surface area contributed by atoms with Crippen LogP contribution < -0.4 is 16.2 Å². The average Bonchev–Trinajstić information content (AvgIpc) is 2.81. The Morgan fingerprint density at radius 2 is 2.39 bits per heavy atom. The standard InChI is InChI=1S/C13H22N4O/c1-3-6-16-8-5-15-12(13(16)18)17-7-4-11(9-17)10(2)14/h5,8,10-11H,3-4,6-7,9,14H2,1-2H3. The first-order chi connectivity index (χ1) is 8.63. The molecule has 0 bridgehead atoms. The fraction of sp³-hybridized carbons (Fsp3) is 0.692. The molecule has 0 aliphatic carbocycles. The molecule has 0 radical (unpaired) electrons. The second-order valence-electron chi connectivity index (χ2n) is 5.10. The molecule has 1 fully saturated rings. The Labute approximate surface area is 108 Å². The zero-order chi connectivity index (χ0) is 13.1. The Morgan fingerprint density at radius 1 is 1.61 bits per heavy atom. The van der Waals surface area contributed by atoms with Gasteiger partial charge in [-0.05, 0) is 25.7 Å². The Bertz CT molecular complexity index is 455. The molecule has 0 spiro atoms. The topological polar surface area (TPSA) is 64.2 Å². The molecule has 1 saturated heterocycles. The molecular formula is C13H22N4O. The smallest absolute Gasteiger partial charge is 0.293 e. The summed E-state index contributed by atoms with van der Waals surface area (Å²) in [5, 5.41) is 0. The predicted molar refractivity (Wildman–Crippen MR) is 72.8 cm³/mol. The number of anilines is 1. The van der Waals surface area contributed by atoms with Gasteiger partial charge in [-0.2, -0.15) is 0 Å². The molecule has 5 heteroatoms. The maximum Gasteiger partial charge on any atom is 0.293 e. The van der Waals surface area contributed by atoms with Crippen LogP contribution in [0.3, 0.4) is 0 Å². The fourth-order valence-corrected chi connectivity index (χ4v) is 2.48. The molecule has 0 amide bonds. The average molecular weight is 250 g/mol.